The van der Waals surface area contributed by atoms with Crippen LogP contribution in [0.2, 0.25) is 0 Å². The number of likely N-dealkylation sites (tertiary alicyclic amines) is 1. The Kier molecular flexibility index (Phi) is 7.56. The van der Waals surface area contributed by atoms with Crippen LogP contribution in [0.4, 0.5) is 0 Å². The van der Waals surface area contributed by atoms with Crippen LogP contribution in [0, 0.1) is 46.3 Å². The second kappa shape index (κ2) is 10.0. The highest BCUT2D eigenvalue weighted by Crippen LogP contribution is 2.68. The van der Waals surface area contributed by atoms with Crippen molar-refractivity contribution in [3.8, 4) is 0 Å². The van der Waals surface area contributed by atoms with E-state index in [1.807, 2.05) is 0 Å². The molecule has 2 N–H and O–H groups in total. The number of aliphatic hydroxyl groups excluding tert-OH is 2. The number of hydrogen-bond donors (Lipinski definition) is 2. The van der Waals surface area contributed by atoms with Crippen LogP contribution < -0.4 is 0 Å². The zero-order chi connectivity index (χ0) is 26.8. The minimum Gasteiger partial charge on any atom is -0.748 e. The minimum atomic E-state index is -4.37. The molecule has 0 aromatic heterocycles. The van der Waals surface area contributed by atoms with Gasteiger partial charge in [-0.05, 0) is 117 Å². The number of rotatable bonds is 5. The molecule has 5 aliphatic rings. The van der Waals surface area contributed by atoms with Crippen molar-refractivity contribution in [3.05, 3.63) is 0 Å². The highest BCUT2D eigenvalue weighted by atomic mass is 32.2. The molecule has 7 nitrogen and oxygen atoms in total. The predicted molar refractivity (Wildman–Crippen MR) is 140 cm³/mol. The Morgan fingerprint density at radius 3 is 2.54 bits per heavy atom. The summed E-state index contributed by atoms with van der Waals surface area (Å²) in [4.78, 5) is 14.5. The summed E-state index contributed by atoms with van der Waals surface area (Å²) >= 11 is 0. The van der Waals surface area contributed by atoms with Crippen molar-refractivity contribution in [1.82, 2.24) is 4.90 Å². The highest BCUT2D eigenvalue weighted by molar-refractivity contribution is 7.86. The van der Waals surface area contributed by atoms with E-state index in [4.69, 9.17) is 0 Å². The predicted octanol–water partition coefficient (Wildman–Crippen LogP) is 3.93. The van der Waals surface area contributed by atoms with Gasteiger partial charge in [-0.15, -0.1) is 0 Å². The summed E-state index contributed by atoms with van der Waals surface area (Å²) in [6, 6.07) is 0. The van der Waals surface area contributed by atoms with Gasteiger partial charge in [0, 0.05) is 19.5 Å². The fourth-order valence-corrected chi connectivity index (χ4v) is 11.1. The van der Waals surface area contributed by atoms with Gasteiger partial charge in [0.25, 0.3) is 0 Å². The van der Waals surface area contributed by atoms with Crippen molar-refractivity contribution in [1.29, 1.82) is 0 Å². The fourth-order valence-electron chi connectivity index (χ4n) is 10.3. The summed E-state index contributed by atoms with van der Waals surface area (Å²) in [6.45, 7) is 7.55. The lowest BCUT2D eigenvalue weighted by Crippen LogP contribution is -2.58. The lowest BCUT2D eigenvalue weighted by Gasteiger charge is -2.62. The van der Waals surface area contributed by atoms with Crippen LogP contribution in [0.25, 0.3) is 0 Å². The second-order valence-electron chi connectivity index (χ2n) is 14.0. The number of fused-ring (bicyclic) bond motifs is 5. The quantitative estimate of drug-likeness (QED) is 0.512. The first kappa shape index (κ1) is 27.9. The Hall–Kier alpha value is -0.700. The Morgan fingerprint density at radius 2 is 1.81 bits per heavy atom. The van der Waals surface area contributed by atoms with Crippen molar-refractivity contribution in [3.63, 3.8) is 0 Å². The Morgan fingerprint density at radius 1 is 1.05 bits per heavy atom. The van der Waals surface area contributed by atoms with E-state index in [1.54, 1.807) is 4.90 Å². The van der Waals surface area contributed by atoms with E-state index in [2.05, 4.69) is 20.8 Å². The molecule has 0 radical (unpaired) electrons. The zero-order valence-corrected chi connectivity index (χ0v) is 23.8. The second-order valence-corrected chi connectivity index (χ2v) is 15.7. The number of hydrogen-bond acceptors (Lipinski definition) is 6. The first-order chi connectivity index (χ1) is 17.4. The highest BCUT2D eigenvalue weighted by Gasteiger charge is 2.63. The molecule has 0 aromatic carbocycles. The van der Waals surface area contributed by atoms with Gasteiger partial charge in [0.15, 0.2) is 0 Å². The molecule has 37 heavy (non-hydrogen) atoms. The molecule has 4 saturated carbocycles. The fraction of sp³-hybridized carbons (Fsp3) is 0.966. The van der Waals surface area contributed by atoms with E-state index in [0.29, 0.717) is 61.3 Å². The lowest BCUT2D eigenvalue weighted by atomic mass is 9.43. The molecule has 5 fully saturated rings. The van der Waals surface area contributed by atoms with Crippen LogP contribution in [0.3, 0.4) is 0 Å². The molecule has 1 saturated heterocycles. The van der Waals surface area contributed by atoms with Crippen molar-refractivity contribution < 1.29 is 28.0 Å². The topological polar surface area (TPSA) is 118 Å². The average molecular weight is 539 g/mol. The van der Waals surface area contributed by atoms with Gasteiger partial charge in [-0.1, -0.05) is 20.8 Å². The van der Waals surface area contributed by atoms with Gasteiger partial charge in [-0.25, -0.2) is 8.42 Å². The van der Waals surface area contributed by atoms with Gasteiger partial charge in [-0.3, -0.25) is 4.79 Å². The third kappa shape index (κ3) is 4.80. The Balaban J connectivity index is 1.24. The molecule has 0 aromatic rings. The van der Waals surface area contributed by atoms with Crippen LogP contribution in [0.1, 0.15) is 97.8 Å². The van der Waals surface area contributed by atoms with Gasteiger partial charge >= 0.3 is 0 Å². The molecule has 0 bridgehead atoms. The number of piperidine rings is 1. The van der Waals surface area contributed by atoms with Gasteiger partial charge in [0.2, 0.25) is 5.91 Å². The standard InChI is InChI=1S/C29H49NO6S/c1-18(6-11-27(33)30-14-4-5-21(17-30)37(34,35)36)23-9-10-24-22-8-7-19-15-20(31)12-13-28(19,2)25(22)16-26(32)29(23,24)3/h18-26,31-32H,4-17H2,1-3H3,(H,34,35,36)/p-1/t18-,19-,20-,21-,22+,23-,24+,25+,26+,28+,29-/m1/s1. The SMILES string of the molecule is C[C@H](CCC(=O)N1CCC[C@@H](S(=O)(=O)[O-])C1)[C@H]1CC[C@H]2[C@@H]3CC[C@@H]4C[C@H](O)CC[C@]4(C)[C@H]3C[C@H](O)[C@]12C. The molecular formula is C29H48NO6S-. The molecular weight excluding hydrogens is 490 g/mol. The van der Waals surface area contributed by atoms with Crippen molar-refractivity contribution in [2.75, 3.05) is 13.1 Å². The third-order valence-corrected chi connectivity index (χ3v) is 13.7. The maximum Gasteiger partial charge on any atom is 0.222 e. The summed E-state index contributed by atoms with van der Waals surface area (Å²) in [5.74, 6) is 2.88. The average Bonchev–Trinajstić information content (AvgIpc) is 3.22. The van der Waals surface area contributed by atoms with Gasteiger partial charge < -0.3 is 19.7 Å². The van der Waals surface area contributed by atoms with E-state index in [-0.39, 0.29) is 35.5 Å². The molecule has 212 valence electrons. The molecule has 1 aliphatic heterocycles. The molecule has 0 spiro atoms. The lowest BCUT2D eigenvalue weighted by molar-refractivity contribution is -0.175. The number of nitrogens with zero attached hydrogens (tertiary/aromatic N) is 1. The van der Waals surface area contributed by atoms with Crippen LogP contribution >= 0.6 is 0 Å². The number of aliphatic hydroxyl groups is 2. The number of amides is 1. The van der Waals surface area contributed by atoms with Gasteiger partial charge in [0.05, 0.1) is 27.6 Å². The summed E-state index contributed by atoms with van der Waals surface area (Å²) in [7, 11) is -4.37. The van der Waals surface area contributed by atoms with E-state index in [1.165, 1.54) is 12.8 Å². The molecule has 1 amide bonds. The van der Waals surface area contributed by atoms with Gasteiger partial charge in [-0.2, -0.15) is 0 Å². The molecule has 0 unspecified atom stereocenters. The van der Waals surface area contributed by atoms with Crippen molar-refractivity contribution in [2.24, 2.45) is 46.3 Å². The first-order valence-electron chi connectivity index (χ1n) is 14.9. The maximum atomic E-state index is 13.0. The molecule has 5 rings (SSSR count). The van der Waals surface area contributed by atoms with E-state index < -0.39 is 15.4 Å². The summed E-state index contributed by atoms with van der Waals surface area (Å²) in [6.07, 6.45) is 9.90. The first-order valence-corrected chi connectivity index (χ1v) is 16.4. The smallest absolute Gasteiger partial charge is 0.222 e. The normalized spacial score (nSPS) is 47.0. The van der Waals surface area contributed by atoms with Crippen LogP contribution in [0.5, 0.6) is 0 Å². The Bertz CT molecular complexity index is 971. The third-order valence-electron chi connectivity index (χ3n) is 12.5. The van der Waals surface area contributed by atoms with Crippen LogP contribution in [-0.2, 0) is 14.9 Å². The zero-order valence-electron chi connectivity index (χ0n) is 23.0. The maximum absolute atomic E-state index is 13.0. The van der Waals surface area contributed by atoms with Crippen LogP contribution in [-0.4, -0.2) is 64.5 Å². The van der Waals surface area contributed by atoms with Crippen molar-refractivity contribution >= 4 is 16.0 Å². The number of carbonyl (C=O) groups excluding carboxylic acids is 1. The van der Waals surface area contributed by atoms with Crippen molar-refractivity contribution in [2.45, 2.75) is 115 Å². The van der Waals surface area contributed by atoms with Gasteiger partial charge in [0.1, 0.15) is 0 Å². The molecule has 4 aliphatic carbocycles. The monoisotopic (exact) mass is 538 g/mol. The number of carbonyl (C=O) groups is 1. The summed E-state index contributed by atoms with van der Waals surface area (Å²) in [5.41, 5.74) is 0.0955. The largest absolute Gasteiger partial charge is 0.748 e. The molecule has 8 heteroatoms. The minimum absolute atomic E-state index is 0.0286. The van der Waals surface area contributed by atoms with E-state index >= 15 is 0 Å². The van der Waals surface area contributed by atoms with Crippen LogP contribution in [0.15, 0.2) is 0 Å². The molecule has 1 heterocycles. The summed E-state index contributed by atoms with van der Waals surface area (Å²) in [5, 5.41) is 21.1. The van der Waals surface area contributed by atoms with E-state index in [9.17, 15) is 28.0 Å². The van der Waals surface area contributed by atoms with E-state index in [0.717, 1.165) is 44.9 Å². The Labute approximate surface area is 223 Å². The summed E-state index contributed by atoms with van der Waals surface area (Å²) < 4.78 is 34.4. The molecule has 11 atom stereocenters.